The molecule has 14 nitrogen and oxygen atoms in total. The number of aliphatic hydroxyl groups excluding tert-OH is 1. The van der Waals surface area contributed by atoms with Crippen molar-refractivity contribution in [3.8, 4) is 0 Å². The Hall–Kier alpha value is -3.26. The fraction of sp³-hybridized carbons (Fsp3) is 0.571. The van der Waals surface area contributed by atoms with Gasteiger partial charge in [-0.15, -0.1) is 0 Å². The normalized spacial score (nSPS) is 13.5. The molecule has 0 radical (unpaired) electrons. The lowest BCUT2D eigenvalue weighted by Gasteiger charge is -2.20. The molecule has 3 unspecified atom stereocenters. The zero-order valence-corrected chi connectivity index (χ0v) is 14.6. The van der Waals surface area contributed by atoms with Crippen LogP contribution in [0.25, 0.3) is 0 Å². The Morgan fingerprint density at radius 3 is 1.93 bits per heavy atom. The summed E-state index contributed by atoms with van der Waals surface area (Å²) in [5.41, 5.74) is 5.23. The predicted octanol–water partition coefficient (Wildman–Crippen LogP) is -4.18. The van der Waals surface area contributed by atoms with Gasteiger partial charge in [-0.05, 0) is 6.42 Å². The minimum atomic E-state index is -1.79. The van der Waals surface area contributed by atoms with Crippen LogP contribution >= 0.6 is 0 Å². The smallest absolute Gasteiger partial charge is 0.326 e. The first-order chi connectivity index (χ1) is 13.0. The Labute approximate surface area is 158 Å². The molecule has 0 aliphatic carbocycles. The van der Waals surface area contributed by atoms with Gasteiger partial charge >= 0.3 is 17.9 Å². The number of carbonyl (C=O) groups is 6. The molecule has 0 aliphatic heterocycles. The van der Waals surface area contributed by atoms with Crippen LogP contribution in [0.1, 0.15) is 19.3 Å². The minimum absolute atomic E-state index is 0.420. The first-order valence-electron chi connectivity index (χ1n) is 7.88. The number of carbonyl (C=O) groups excluding carboxylic acids is 3. The number of carboxylic acids is 3. The maximum absolute atomic E-state index is 12.2. The first-order valence-corrected chi connectivity index (χ1v) is 7.88. The lowest BCUT2D eigenvalue weighted by atomic mass is 10.1. The second kappa shape index (κ2) is 12.2. The molecule has 0 aromatic carbocycles. The van der Waals surface area contributed by atoms with E-state index in [4.69, 9.17) is 26.2 Å². The van der Waals surface area contributed by atoms with E-state index in [9.17, 15) is 28.8 Å². The second-order valence-electron chi connectivity index (χ2n) is 5.56. The predicted molar refractivity (Wildman–Crippen MR) is 88.7 cm³/mol. The number of carboxylic acid groups (broad SMARTS) is 3. The summed E-state index contributed by atoms with van der Waals surface area (Å²) < 4.78 is 0. The molecule has 0 heterocycles. The standard InChI is InChI=1S/C14H22N4O10/c15-6(5-19)12(25)16-4-9(20)17-7(1-2-10(21)22)13(26)18-8(14(27)28)3-11(23)24/h6-8,19H,1-5,15H2,(H,16,25)(H,17,20)(H,18,26)(H,21,22)(H,23,24)(H,27,28). The molecule has 0 aromatic heterocycles. The highest BCUT2D eigenvalue weighted by atomic mass is 16.4. The van der Waals surface area contributed by atoms with E-state index in [-0.39, 0.29) is 0 Å². The Kier molecular flexibility index (Phi) is 10.8. The maximum atomic E-state index is 12.2. The van der Waals surface area contributed by atoms with Crippen LogP contribution in [0.4, 0.5) is 0 Å². The van der Waals surface area contributed by atoms with Crippen LogP contribution in [0.2, 0.25) is 0 Å². The van der Waals surface area contributed by atoms with Crippen molar-refractivity contribution in [3.05, 3.63) is 0 Å². The van der Waals surface area contributed by atoms with Crippen molar-refractivity contribution < 1.29 is 49.2 Å². The summed E-state index contributed by atoms with van der Waals surface area (Å²) in [6.45, 7) is -1.32. The van der Waals surface area contributed by atoms with Crippen LogP contribution in [0.15, 0.2) is 0 Å². The van der Waals surface area contributed by atoms with Crippen LogP contribution in [-0.4, -0.2) is 87.3 Å². The molecule has 0 aromatic rings. The molecule has 158 valence electrons. The average Bonchev–Trinajstić information content (AvgIpc) is 2.60. The topological polar surface area (TPSA) is 245 Å². The number of nitrogens with two attached hydrogens (primary N) is 1. The number of hydrogen-bond donors (Lipinski definition) is 8. The molecule has 0 fully saturated rings. The zero-order valence-electron chi connectivity index (χ0n) is 14.6. The first kappa shape index (κ1) is 24.7. The highest BCUT2D eigenvalue weighted by Gasteiger charge is 2.28. The number of rotatable bonds is 13. The highest BCUT2D eigenvalue weighted by Crippen LogP contribution is 2.01. The molecule has 0 rings (SSSR count). The van der Waals surface area contributed by atoms with Gasteiger partial charge in [0.05, 0.1) is 19.6 Å². The largest absolute Gasteiger partial charge is 0.481 e. The third-order valence-electron chi connectivity index (χ3n) is 3.25. The second-order valence-corrected chi connectivity index (χ2v) is 5.56. The Morgan fingerprint density at radius 1 is 0.857 bits per heavy atom. The molecule has 14 heteroatoms. The van der Waals surface area contributed by atoms with Crippen LogP contribution in [-0.2, 0) is 28.8 Å². The molecule has 0 saturated carbocycles. The molecule has 9 N–H and O–H groups in total. The van der Waals surface area contributed by atoms with Crippen molar-refractivity contribution >= 4 is 35.6 Å². The lowest BCUT2D eigenvalue weighted by molar-refractivity contribution is -0.147. The monoisotopic (exact) mass is 406 g/mol. The molecule has 0 bridgehead atoms. The summed E-state index contributed by atoms with van der Waals surface area (Å²) in [4.78, 5) is 67.8. The van der Waals surface area contributed by atoms with Gasteiger partial charge in [-0.1, -0.05) is 0 Å². The highest BCUT2D eigenvalue weighted by molar-refractivity contribution is 5.93. The number of aliphatic carboxylic acids is 3. The van der Waals surface area contributed by atoms with E-state index in [0.29, 0.717) is 0 Å². The molecule has 28 heavy (non-hydrogen) atoms. The van der Waals surface area contributed by atoms with Gasteiger partial charge in [0.25, 0.3) is 0 Å². The summed E-state index contributed by atoms with van der Waals surface area (Å²) in [7, 11) is 0. The molecule has 3 amide bonds. The van der Waals surface area contributed by atoms with Crippen LogP contribution in [0, 0.1) is 0 Å². The van der Waals surface area contributed by atoms with Crippen molar-refractivity contribution in [1.82, 2.24) is 16.0 Å². The molecule has 0 spiro atoms. The number of amides is 3. The van der Waals surface area contributed by atoms with Crippen LogP contribution < -0.4 is 21.7 Å². The van der Waals surface area contributed by atoms with Crippen molar-refractivity contribution in [2.45, 2.75) is 37.4 Å². The van der Waals surface area contributed by atoms with Crippen LogP contribution in [0.3, 0.4) is 0 Å². The molecule has 0 aliphatic rings. The Bertz CT molecular complexity index is 623. The van der Waals surface area contributed by atoms with E-state index >= 15 is 0 Å². The van der Waals surface area contributed by atoms with Gasteiger partial charge in [-0.3, -0.25) is 24.0 Å². The minimum Gasteiger partial charge on any atom is -0.481 e. The molecule has 3 atom stereocenters. The fourth-order valence-electron chi connectivity index (χ4n) is 1.81. The van der Waals surface area contributed by atoms with E-state index in [0.717, 1.165) is 0 Å². The number of hydrogen-bond acceptors (Lipinski definition) is 8. The van der Waals surface area contributed by atoms with E-state index in [1.165, 1.54) is 0 Å². The average molecular weight is 406 g/mol. The summed E-state index contributed by atoms with van der Waals surface area (Å²) >= 11 is 0. The van der Waals surface area contributed by atoms with Crippen molar-refractivity contribution in [3.63, 3.8) is 0 Å². The van der Waals surface area contributed by atoms with Gasteiger partial charge in [0, 0.05) is 6.42 Å². The summed E-state index contributed by atoms with van der Waals surface area (Å²) in [5.74, 6) is -7.31. The summed E-state index contributed by atoms with van der Waals surface area (Å²) in [6.07, 6.45) is -1.91. The molecular weight excluding hydrogens is 384 g/mol. The number of nitrogens with one attached hydrogen (secondary N) is 3. The van der Waals surface area contributed by atoms with Crippen molar-refractivity contribution in [1.29, 1.82) is 0 Å². The van der Waals surface area contributed by atoms with Crippen molar-refractivity contribution in [2.24, 2.45) is 5.73 Å². The number of aliphatic hydroxyl groups is 1. The zero-order chi connectivity index (χ0) is 21.9. The Morgan fingerprint density at radius 2 is 1.46 bits per heavy atom. The van der Waals surface area contributed by atoms with E-state index in [2.05, 4.69) is 10.6 Å². The van der Waals surface area contributed by atoms with Gasteiger partial charge in [0.2, 0.25) is 17.7 Å². The lowest BCUT2D eigenvalue weighted by Crippen LogP contribution is -2.54. The molecule has 0 saturated heterocycles. The van der Waals surface area contributed by atoms with Crippen molar-refractivity contribution in [2.75, 3.05) is 13.2 Å². The summed E-state index contributed by atoms with van der Waals surface area (Å²) in [6, 6.07) is -4.56. The summed E-state index contributed by atoms with van der Waals surface area (Å²) in [5, 5.41) is 41.1. The van der Waals surface area contributed by atoms with Crippen LogP contribution in [0.5, 0.6) is 0 Å². The third kappa shape index (κ3) is 10.0. The van der Waals surface area contributed by atoms with Gasteiger partial charge in [-0.25, -0.2) is 4.79 Å². The van der Waals surface area contributed by atoms with E-state index in [1.807, 2.05) is 5.32 Å². The molecular formula is C14H22N4O10. The quantitative estimate of drug-likeness (QED) is 0.146. The maximum Gasteiger partial charge on any atom is 0.326 e. The van der Waals surface area contributed by atoms with E-state index in [1.54, 1.807) is 0 Å². The van der Waals surface area contributed by atoms with Gasteiger partial charge in [0.15, 0.2) is 0 Å². The van der Waals surface area contributed by atoms with Gasteiger partial charge in [0.1, 0.15) is 18.1 Å². The van der Waals surface area contributed by atoms with E-state index < -0.39 is 86.2 Å². The fourth-order valence-corrected chi connectivity index (χ4v) is 1.81. The van der Waals surface area contributed by atoms with Gasteiger partial charge in [-0.2, -0.15) is 0 Å². The SMILES string of the molecule is NC(CO)C(=O)NCC(=O)NC(CCC(=O)O)C(=O)NC(CC(=O)O)C(=O)O. The third-order valence-corrected chi connectivity index (χ3v) is 3.25. The van der Waals surface area contributed by atoms with Gasteiger partial charge < -0.3 is 42.1 Å². The Balaban J connectivity index is 4.99.